The number of aromatic nitrogens is 2. The van der Waals surface area contributed by atoms with Crippen molar-refractivity contribution in [2.75, 3.05) is 62.0 Å². The monoisotopic (exact) mass is 434 g/mol. The Balaban J connectivity index is 1.39. The maximum atomic E-state index is 5.73. The van der Waals surface area contributed by atoms with Gasteiger partial charge in [-0.15, -0.1) is 0 Å². The van der Waals surface area contributed by atoms with E-state index in [1.54, 1.807) is 7.11 Å². The molecule has 0 atom stereocenters. The Morgan fingerprint density at radius 3 is 2.62 bits per heavy atom. The Morgan fingerprint density at radius 2 is 1.88 bits per heavy atom. The van der Waals surface area contributed by atoms with E-state index < -0.39 is 0 Å². The second-order valence-corrected chi connectivity index (χ2v) is 9.21. The quantitative estimate of drug-likeness (QED) is 0.759. The van der Waals surface area contributed by atoms with E-state index in [-0.39, 0.29) is 0 Å². The summed E-state index contributed by atoms with van der Waals surface area (Å²) in [6.07, 6.45) is 9.39. The predicted molar refractivity (Wildman–Crippen MR) is 131 cm³/mol. The molecule has 32 heavy (non-hydrogen) atoms. The number of nitrogens with one attached hydrogen (secondary N) is 1. The van der Waals surface area contributed by atoms with Gasteiger partial charge in [0.25, 0.3) is 0 Å². The zero-order valence-electron chi connectivity index (χ0n) is 19.5. The van der Waals surface area contributed by atoms with Gasteiger partial charge in [-0.25, -0.2) is 4.98 Å². The molecule has 0 amide bonds. The van der Waals surface area contributed by atoms with Crippen molar-refractivity contribution in [3.63, 3.8) is 0 Å². The first-order valence-electron chi connectivity index (χ1n) is 11.8. The highest BCUT2D eigenvalue weighted by Crippen LogP contribution is 2.37. The summed E-state index contributed by atoms with van der Waals surface area (Å²) in [7, 11) is 3.90. The van der Waals surface area contributed by atoms with Crippen LogP contribution in [-0.2, 0) is 0 Å². The lowest BCUT2D eigenvalue weighted by Gasteiger charge is -2.34. The van der Waals surface area contributed by atoms with E-state index in [1.807, 2.05) is 6.20 Å². The van der Waals surface area contributed by atoms with Crippen LogP contribution in [0.15, 0.2) is 30.5 Å². The Kier molecular flexibility index (Phi) is 5.91. The standard InChI is InChI=1S/C25H34N6O/c1-18-10-11-31(19-6-4-5-7-19)24-21(18)17-26-25(28-24)27-22-9-8-20(16-23(22)32-3)30-14-12-29(2)13-15-30/h8-10,16-17,19H,4-7,11-15H2,1-3H3,(H,26,27,28). The molecule has 1 aromatic heterocycles. The molecule has 1 saturated carbocycles. The van der Waals surface area contributed by atoms with Gasteiger partial charge in [-0.05, 0) is 44.5 Å². The number of anilines is 4. The van der Waals surface area contributed by atoms with Crippen LogP contribution in [0.3, 0.4) is 0 Å². The maximum Gasteiger partial charge on any atom is 0.229 e. The number of methoxy groups -OCH3 is 1. The molecule has 2 fully saturated rings. The summed E-state index contributed by atoms with van der Waals surface area (Å²) in [6.45, 7) is 7.31. The number of benzene rings is 1. The van der Waals surface area contributed by atoms with Gasteiger partial charge in [0.05, 0.1) is 12.8 Å². The van der Waals surface area contributed by atoms with Crippen LogP contribution in [0.4, 0.5) is 23.1 Å². The lowest BCUT2D eigenvalue weighted by atomic mass is 10.0. The number of piperazine rings is 1. The minimum Gasteiger partial charge on any atom is -0.494 e. The Hall–Kier alpha value is -2.80. The van der Waals surface area contributed by atoms with E-state index in [0.29, 0.717) is 12.0 Å². The Labute approximate surface area is 191 Å². The minimum atomic E-state index is 0.582. The van der Waals surface area contributed by atoms with Gasteiger partial charge in [0, 0.05) is 62.3 Å². The highest BCUT2D eigenvalue weighted by molar-refractivity contribution is 5.78. The van der Waals surface area contributed by atoms with Crippen LogP contribution in [0.25, 0.3) is 5.57 Å². The largest absolute Gasteiger partial charge is 0.494 e. The third-order valence-electron chi connectivity index (χ3n) is 7.13. The van der Waals surface area contributed by atoms with Crippen LogP contribution >= 0.6 is 0 Å². The summed E-state index contributed by atoms with van der Waals surface area (Å²) in [5.41, 5.74) is 4.49. The van der Waals surface area contributed by atoms with E-state index in [2.05, 4.69) is 63.2 Å². The van der Waals surface area contributed by atoms with Gasteiger partial charge < -0.3 is 24.8 Å². The zero-order chi connectivity index (χ0) is 22.1. The molecule has 0 bridgehead atoms. The van der Waals surface area contributed by atoms with Gasteiger partial charge in [-0.1, -0.05) is 18.9 Å². The summed E-state index contributed by atoms with van der Waals surface area (Å²) < 4.78 is 5.73. The molecule has 7 heteroatoms. The molecule has 0 radical (unpaired) electrons. The number of rotatable bonds is 5. The van der Waals surface area contributed by atoms with Crippen molar-refractivity contribution >= 4 is 28.7 Å². The normalized spacial score (nSPS) is 19.7. The molecular formula is C25H34N6O. The molecule has 5 rings (SSSR count). The molecule has 0 spiro atoms. The Bertz CT molecular complexity index is 992. The van der Waals surface area contributed by atoms with Crippen LogP contribution in [0.1, 0.15) is 38.2 Å². The molecule has 0 unspecified atom stereocenters. The summed E-state index contributed by atoms with van der Waals surface area (Å²) in [5.74, 6) is 2.49. The topological polar surface area (TPSA) is 56.8 Å². The fourth-order valence-corrected chi connectivity index (χ4v) is 5.06. The van der Waals surface area contributed by atoms with Crippen molar-refractivity contribution < 1.29 is 4.74 Å². The molecule has 1 aromatic carbocycles. The molecule has 1 N–H and O–H groups in total. The fourth-order valence-electron chi connectivity index (χ4n) is 5.06. The lowest BCUT2D eigenvalue weighted by Crippen LogP contribution is -2.44. The van der Waals surface area contributed by atoms with Crippen molar-refractivity contribution in [2.45, 2.75) is 38.6 Å². The molecule has 2 aromatic rings. The van der Waals surface area contributed by atoms with Crippen molar-refractivity contribution in [1.82, 2.24) is 14.9 Å². The molecule has 1 aliphatic carbocycles. The maximum absolute atomic E-state index is 5.73. The number of likely N-dealkylation sites (N-methyl/N-ethyl adjacent to an activating group) is 1. The third-order valence-corrected chi connectivity index (χ3v) is 7.13. The number of hydrogen-bond acceptors (Lipinski definition) is 7. The van der Waals surface area contributed by atoms with Crippen molar-refractivity contribution in [1.29, 1.82) is 0 Å². The van der Waals surface area contributed by atoms with Crippen molar-refractivity contribution in [2.24, 2.45) is 0 Å². The number of hydrogen-bond donors (Lipinski definition) is 1. The molecule has 170 valence electrons. The highest BCUT2D eigenvalue weighted by Gasteiger charge is 2.28. The highest BCUT2D eigenvalue weighted by atomic mass is 16.5. The molecule has 3 heterocycles. The first-order chi connectivity index (χ1) is 15.6. The number of allylic oxidation sites excluding steroid dienone is 1. The Morgan fingerprint density at radius 1 is 1.09 bits per heavy atom. The van der Waals surface area contributed by atoms with E-state index >= 15 is 0 Å². The third kappa shape index (κ3) is 4.13. The zero-order valence-corrected chi connectivity index (χ0v) is 19.5. The van der Waals surface area contributed by atoms with Crippen molar-refractivity contribution in [3.05, 3.63) is 36.0 Å². The van der Waals surface area contributed by atoms with Crippen molar-refractivity contribution in [3.8, 4) is 5.75 Å². The first-order valence-corrected chi connectivity index (χ1v) is 11.8. The van der Waals surface area contributed by atoms with E-state index in [4.69, 9.17) is 9.72 Å². The van der Waals surface area contributed by atoms with Gasteiger partial charge in [0.15, 0.2) is 0 Å². The van der Waals surface area contributed by atoms with Crippen LogP contribution < -0.4 is 19.9 Å². The van der Waals surface area contributed by atoms with E-state index in [0.717, 1.165) is 55.5 Å². The second-order valence-electron chi connectivity index (χ2n) is 9.21. The van der Waals surface area contributed by atoms with Gasteiger partial charge >= 0.3 is 0 Å². The average Bonchev–Trinajstić information content (AvgIpc) is 3.35. The summed E-state index contributed by atoms with van der Waals surface area (Å²) >= 11 is 0. The molecule has 3 aliphatic rings. The van der Waals surface area contributed by atoms with Crippen LogP contribution in [0.5, 0.6) is 5.75 Å². The molecule has 7 nitrogen and oxygen atoms in total. The first kappa shape index (κ1) is 21.1. The number of ether oxygens (including phenoxy) is 1. The smallest absolute Gasteiger partial charge is 0.229 e. The van der Waals surface area contributed by atoms with Gasteiger partial charge in [-0.3, -0.25) is 0 Å². The average molecular weight is 435 g/mol. The van der Waals surface area contributed by atoms with E-state index in [1.165, 1.54) is 36.9 Å². The van der Waals surface area contributed by atoms with Crippen LogP contribution in [0.2, 0.25) is 0 Å². The molecule has 1 saturated heterocycles. The van der Waals surface area contributed by atoms with Gasteiger partial charge in [0.2, 0.25) is 5.95 Å². The lowest BCUT2D eigenvalue weighted by molar-refractivity contribution is 0.312. The van der Waals surface area contributed by atoms with Crippen LogP contribution in [-0.4, -0.2) is 67.8 Å². The predicted octanol–water partition coefficient (Wildman–Crippen LogP) is 4.15. The number of fused-ring (bicyclic) bond motifs is 1. The fraction of sp³-hybridized carbons (Fsp3) is 0.520. The molecular weight excluding hydrogens is 400 g/mol. The summed E-state index contributed by atoms with van der Waals surface area (Å²) in [6, 6.07) is 6.93. The molecule has 2 aliphatic heterocycles. The number of nitrogens with zero attached hydrogens (tertiary/aromatic N) is 5. The van der Waals surface area contributed by atoms with E-state index in [9.17, 15) is 0 Å². The van der Waals surface area contributed by atoms with Gasteiger partial charge in [0.1, 0.15) is 11.6 Å². The summed E-state index contributed by atoms with van der Waals surface area (Å²) in [4.78, 5) is 16.9. The minimum absolute atomic E-state index is 0.582. The van der Waals surface area contributed by atoms with Crippen LogP contribution in [0, 0.1) is 0 Å². The second kappa shape index (κ2) is 8.98. The summed E-state index contributed by atoms with van der Waals surface area (Å²) in [5, 5.41) is 3.42. The SMILES string of the molecule is COc1cc(N2CCN(C)CC2)ccc1Nc1ncc2c(n1)N(C1CCCC1)CC=C2C. The van der Waals surface area contributed by atoms with Gasteiger partial charge in [-0.2, -0.15) is 4.98 Å².